The Balaban J connectivity index is 1.90. The van der Waals surface area contributed by atoms with Gasteiger partial charge in [0.2, 0.25) is 0 Å². The second-order valence-electron chi connectivity index (χ2n) is 5.47. The lowest BCUT2D eigenvalue weighted by molar-refractivity contribution is 0.404. The Hall–Kier alpha value is -3.92. The molecule has 3 aromatic rings. The molecule has 1 aromatic carbocycles. The molecule has 150 valence electrons. The number of hydrogen-bond acceptors (Lipinski definition) is 2. The monoisotopic (exact) mass is 424 g/mol. The number of nitrogens with zero attached hydrogens (tertiary/aromatic N) is 2. The van der Waals surface area contributed by atoms with Crippen LogP contribution in [0.5, 0.6) is 0 Å². The lowest BCUT2D eigenvalue weighted by Crippen LogP contribution is -2.03. The van der Waals surface area contributed by atoms with Crippen LogP contribution in [-0.2, 0) is 0 Å². The van der Waals surface area contributed by atoms with Crippen LogP contribution in [0.3, 0.4) is 0 Å². The molecular formula is C20H4F8N2. The van der Waals surface area contributed by atoms with Crippen molar-refractivity contribution in [2.75, 3.05) is 0 Å². The molecule has 0 bridgehead atoms. The molecule has 0 aliphatic carbocycles. The first-order chi connectivity index (χ1) is 14.2. The molecule has 0 saturated carbocycles. The van der Waals surface area contributed by atoms with E-state index >= 15 is 0 Å². The molecule has 0 N–H and O–H groups in total. The predicted octanol–water partition coefficient (Wildman–Crippen LogP) is 4.39. The van der Waals surface area contributed by atoms with Crippen molar-refractivity contribution in [1.29, 1.82) is 0 Å². The number of rotatable bonds is 0. The van der Waals surface area contributed by atoms with Crippen LogP contribution in [0, 0.1) is 70.7 Å². The minimum atomic E-state index is -1.85. The minimum Gasteiger partial charge on any atom is -0.200 e. The summed E-state index contributed by atoms with van der Waals surface area (Å²) in [6.45, 7) is 0. The summed E-state index contributed by atoms with van der Waals surface area (Å²) < 4.78 is 106. The van der Waals surface area contributed by atoms with Gasteiger partial charge in [0.15, 0.2) is 23.3 Å². The van der Waals surface area contributed by atoms with Crippen molar-refractivity contribution in [3.05, 3.63) is 93.6 Å². The van der Waals surface area contributed by atoms with Gasteiger partial charge in [-0.05, 0) is 24.3 Å². The number of benzene rings is 1. The Morgan fingerprint density at radius 2 is 0.700 bits per heavy atom. The maximum Gasteiger partial charge on any atom is 0.253 e. The average molecular weight is 424 g/mol. The fourth-order valence-corrected chi connectivity index (χ4v) is 2.10. The van der Waals surface area contributed by atoms with Crippen LogP contribution >= 0.6 is 0 Å². The van der Waals surface area contributed by atoms with Gasteiger partial charge in [0.1, 0.15) is 11.1 Å². The van der Waals surface area contributed by atoms with E-state index in [1.165, 1.54) is 24.3 Å². The van der Waals surface area contributed by atoms with Crippen LogP contribution in [0.1, 0.15) is 22.3 Å². The molecule has 2 heterocycles. The van der Waals surface area contributed by atoms with Crippen LogP contribution in [-0.4, -0.2) is 9.97 Å². The molecule has 0 spiro atoms. The van der Waals surface area contributed by atoms with Gasteiger partial charge in [-0.2, -0.15) is 27.5 Å². The lowest BCUT2D eigenvalue weighted by Gasteiger charge is -1.99. The molecule has 30 heavy (non-hydrogen) atoms. The summed E-state index contributed by atoms with van der Waals surface area (Å²) in [5.41, 5.74) is -2.04. The number of hydrogen-bond donors (Lipinski definition) is 0. The molecule has 2 nitrogen and oxygen atoms in total. The van der Waals surface area contributed by atoms with Crippen molar-refractivity contribution < 1.29 is 35.1 Å². The van der Waals surface area contributed by atoms with E-state index in [1.807, 2.05) is 11.8 Å². The molecule has 0 saturated heterocycles. The first-order valence-corrected chi connectivity index (χ1v) is 7.73. The zero-order valence-corrected chi connectivity index (χ0v) is 14.2. The summed E-state index contributed by atoms with van der Waals surface area (Å²) in [6, 6.07) is 5.06. The van der Waals surface area contributed by atoms with Gasteiger partial charge in [-0.15, -0.1) is 0 Å². The standard InChI is InChI=1S/C20H4F8N2/c21-13-11(14(22)18(26)29-17(13)25)7-5-9-1-2-10(4-3-9)6-8-12-15(23)19(27)30-20(28)16(12)24/h1-4H. The van der Waals surface area contributed by atoms with Crippen LogP contribution in [0.15, 0.2) is 24.3 Å². The molecule has 10 heteroatoms. The summed E-state index contributed by atoms with van der Waals surface area (Å²) in [4.78, 5) is 4.80. The smallest absolute Gasteiger partial charge is 0.200 e. The highest BCUT2D eigenvalue weighted by Crippen LogP contribution is 2.17. The highest BCUT2D eigenvalue weighted by Gasteiger charge is 2.20. The molecule has 0 fully saturated rings. The van der Waals surface area contributed by atoms with Crippen LogP contribution in [0.25, 0.3) is 0 Å². The van der Waals surface area contributed by atoms with Gasteiger partial charge in [0.25, 0.3) is 23.8 Å². The third-order valence-electron chi connectivity index (χ3n) is 3.54. The molecule has 3 rings (SSSR count). The normalized spacial score (nSPS) is 10.1. The first kappa shape index (κ1) is 20.8. The van der Waals surface area contributed by atoms with Crippen molar-refractivity contribution in [2.24, 2.45) is 0 Å². The van der Waals surface area contributed by atoms with Gasteiger partial charge >= 0.3 is 0 Å². The van der Waals surface area contributed by atoms with Crippen molar-refractivity contribution in [2.45, 2.75) is 0 Å². The number of pyridine rings is 2. The summed E-state index contributed by atoms with van der Waals surface area (Å²) >= 11 is 0. The van der Waals surface area contributed by atoms with Crippen LogP contribution < -0.4 is 0 Å². The largest absolute Gasteiger partial charge is 0.253 e. The summed E-state index contributed by atoms with van der Waals surface area (Å²) in [5, 5.41) is 0. The predicted molar refractivity (Wildman–Crippen MR) is 86.5 cm³/mol. The van der Waals surface area contributed by atoms with Gasteiger partial charge in [0.05, 0.1) is 0 Å². The number of aromatic nitrogens is 2. The topological polar surface area (TPSA) is 25.8 Å². The van der Waals surface area contributed by atoms with Crippen molar-refractivity contribution in [1.82, 2.24) is 9.97 Å². The third kappa shape index (κ3) is 4.08. The van der Waals surface area contributed by atoms with E-state index in [9.17, 15) is 35.1 Å². The molecule has 0 aliphatic heterocycles. The Bertz CT molecular complexity index is 1130. The van der Waals surface area contributed by atoms with E-state index < -0.39 is 58.2 Å². The Labute approximate surface area is 163 Å². The zero-order chi connectivity index (χ0) is 22.0. The molecule has 2 aromatic heterocycles. The Morgan fingerprint density at radius 3 is 0.967 bits per heavy atom. The Kier molecular flexibility index (Phi) is 5.70. The summed E-state index contributed by atoms with van der Waals surface area (Å²) in [7, 11) is 0. The summed E-state index contributed by atoms with van der Waals surface area (Å²) in [6.07, 6.45) is 0. The molecule has 0 unspecified atom stereocenters. The van der Waals surface area contributed by atoms with Crippen molar-refractivity contribution >= 4 is 0 Å². The maximum absolute atomic E-state index is 13.5. The second kappa shape index (κ2) is 8.21. The van der Waals surface area contributed by atoms with Crippen LogP contribution in [0.4, 0.5) is 35.1 Å². The van der Waals surface area contributed by atoms with Gasteiger partial charge in [-0.25, -0.2) is 17.6 Å². The molecule has 0 aliphatic rings. The van der Waals surface area contributed by atoms with Crippen LogP contribution in [0.2, 0.25) is 0 Å². The van der Waals surface area contributed by atoms with E-state index in [0.29, 0.717) is 0 Å². The van der Waals surface area contributed by atoms with Crippen molar-refractivity contribution in [3.8, 4) is 23.7 Å². The van der Waals surface area contributed by atoms with Gasteiger partial charge in [-0.3, -0.25) is 0 Å². The molecule has 0 atom stereocenters. The minimum absolute atomic E-state index is 0.135. The van der Waals surface area contributed by atoms with E-state index in [4.69, 9.17) is 0 Å². The second-order valence-corrected chi connectivity index (χ2v) is 5.47. The highest BCUT2D eigenvalue weighted by atomic mass is 19.2. The quantitative estimate of drug-likeness (QED) is 0.304. The molecule has 0 radical (unpaired) electrons. The number of halogens is 8. The molecular weight excluding hydrogens is 420 g/mol. The average Bonchev–Trinajstić information content (AvgIpc) is 2.72. The van der Waals surface area contributed by atoms with Gasteiger partial charge < -0.3 is 0 Å². The first-order valence-electron chi connectivity index (χ1n) is 7.73. The van der Waals surface area contributed by atoms with E-state index in [-0.39, 0.29) is 11.1 Å². The SMILES string of the molecule is Fc1nc(F)c(F)c(C#Cc2ccc(C#Cc3c(F)c(F)nc(F)c3F)cc2)c1F. The van der Waals surface area contributed by atoms with E-state index in [2.05, 4.69) is 21.8 Å². The van der Waals surface area contributed by atoms with Crippen molar-refractivity contribution in [3.63, 3.8) is 0 Å². The Morgan fingerprint density at radius 1 is 0.433 bits per heavy atom. The third-order valence-corrected chi connectivity index (χ3v) is 3.54. The maximum atomic E-state index is 13.5. The van der Waals surface area contributed by atoms with E-state index in [0.717, 1.165) is 0 Å². The summed E-state index contributed by atoms with van der Waals surface area (Å²) in [5.74, 6) is -6.05. The van der Waals surface area contributed by atoms with Gasteiger partial charge in [0, 0.05) is 11.1 Å². The highest BCUT2D eigenvalue weighted by molar-refractivity contribution is 5.48. The fourth-order valence-electron chi connectivity index (χ4n) is 2.10. The molecule has 0 amide bonds. The lowest BCUT2D eigenvalue weighted by atomic mass is 10.1. The van der Waals surface area contributed by atoms with E-state index in [1.54, 1.807) is 0 Å². The fraction of sp³-hybridized carbons (Fsp3) is 0. The zero-order valence-electron chi connectivity index (χ0n) is 14.2. The van der Waals surface area contributed by atoms with Gasteiger partial charge in [-0.1, -0.05) is 23.7 Å².